The maximum Gasteiger partial charge on any atom is 0.130 e. The lowest BCUT2D eigenvalue weighted by molar-refractivity contribution is 0.527. The number of rotatable bonds is 1. The molecular formula is C10H11F2NS. The molecule has 1 heterocycles. The van der Waals surface area contributed by atoms with Crippen LogP contribution < -0.4 is 5.32 Å². The quantitative estimate of drug-likeness (QED) is 0.771. The summed E-state index contributed by atoms with van der Waals surface area (Å²) in [5.41, 5.74) is 0.568. The molecular weight excluding hydrogens is 204 g/mol. The second kappa shape index (κ2) is 4.28. The Morgan fingerprint density at radius 1 is 1.36 bits per heavy atom. The van der Waals surface area contributed by atoms with Crippen LogP contribution in [0.3, 0.4) is 0 Å². The fraction of sp³-hybridized carbons (Fsp3) is 0.400. The molecule has 1 saturated heterocycles. The Hall–Kier alpha value is -0.610. The highest BCUT2D eigenvalue weighted by atomic mass is 32.2. The van der Waals surface area contributed by atoms with Crippen LogP contribution in [0.1, 0.15) is 11.6 Å². The lowest BCUT2D eigenvalue weighted by Crippen LogP contribution is -2.30. The molecule has 1 fully saturated rings. The lowest BCUT2D eigenvalue weighted by atomic mass is 10.1. The zero-order valence-corrected chi connectivity index (χ0v) is 8.41. The molecule has 14 heavy (non-hydrogen) atoms. The van der Waals surface area contributed by atoms with E-state index < -0.39 is 11.6 Å². The molecule has 0 aromatic heterocycles. The molecule has 1 aliphatic rings. The van der Waals surface area contributed by atoms with Crippen molar-refractivity contribution in [2.75, 3.05) is 18.1 Å². The van der Waals surface area contributed by atoms with E-state index in [4.69, 9.17) is 0 Å². The van der Waals surface area contributed by atoms with Crippen molar-refractivity contribution in [1.82, 2.24) is 5.32 Å². The molecule has 0 amide bonds. The van der Waals surface area contributed by atoms with Crippen molar-refractivity contribution < 1.29 is 8.78 Å². The van der Waals surface area contributed by atoms with Gasteiger partial charge in [0.25, 0.3) is 0 Å². The summed E-state index contributed by atoms with van der Waals surface area (Å²) in [6.07, 6.45) is 0. The molecule has 1 aromatic carbocycles. The Bertz CT molecular complexity index is 324. The minimum atomic E-state index is -0.519. The molecule has 0 spiro atoms. The van der Waals surface area contributed by atoms with Crippen molar-refractivity contribution in [3.05, 3.63) is 35.4 Å². The Kier molecular flexibility index (Phi) is 3.03. The van der Waals surface area contributed by atoms with Gasteiger partial charge >= 0.3 is 0 Å². The number of benzene rings is 1. The van der Waals surface area contributed by atoms with E-state index in [2.05, 4.69) is 5.32 Å². The molecule has 4 heteroatoms. The van der Waals surface area contributed by atoms with Gasteiger partial charge < -0.3 is 5.32 Å². The summed E-state index contributed by atoms with van der Waals surface area (Å²) in [6, 6.07) is 3.79. The summed E-state index contributed by atoms with van der Waals surface area (Å²) in [5, 5.41) is 3.21. The Labute approximate surface area is 85.9 Å². The van der Waals surface area contributed by atoms with Crippen molar-refractivity contribution in [3.8, 4) is 0 Å². The molecule has 76 valence electrons. The van der Waals surface area contributed by atoms with Crippen molar-refractivity contribution in [3.63, 3.8) is 0 Å². The normalized spacial score (nSPS) is 22.3. The zero-order chi connectivity index (χ0) is 9.97. The molecule has 1 aromatic rings. The van der Waals surface area contributed by atoms with Crippen LogP contribution in [0.2, 0.25) is 0 Å². The van der Waals surface area contributed by atoms with Crippen LogP contribution in [0.15, 0.2) is 18.2 Å². The van der Waals surface area contributed by atoms with E-state index in [0.717, 1.165) is 24.1 Å². The first-order chi connectivity index (χ1) is 6.77. The van der Waals surface area contributed by atoms with Crippen molar-refractivity contribution >= 4 is 11.8 Å². The molecule has 0 aliphatic carbocycles. The van der Waals surface area contributed by atoms with Gasteiger partial charge in [0.15, 0.2) is 0 Å². The second-order valence-electron chi connectivity index (χ2n) is 3.25. The van der Waals surface area contributed by atoms with Crippen LogP contribution in [0.5, 0.6) is 0 Å². The van der Waals surface area contributed by atoms with Crippen LogP contribution in [-0.4, -0.2) is 18.1 Å². The van der Waals surface area contributed by atoms with Crippen molar-refractivity contribution in [2.24, 2.45) is 0 Å². The van der Waals surface area contributed by atoms with E-state index >= 15 is 0 Å². The van der Waals surface area contributed by atoms with Gasteiger partial charge in [0.05, 0.1) is 0 Å². The summed E-state index contributed by atoms with van der Waals surface area (Å²) in [7, 11) is 0. The van der Waals surface area contributed by atoms with E-state index in [9.17, 15) is 8.78 Å². The van der Waals surface area contributed by atoms with Crippen LogP contribution in [0, 0.1) is 11.6 Å². The highest BCUT2D eigenvalue weighted by molar-refractivity contribution is 7.99. The zero-order valence-electron chi connectivity index (χ0n) is 7.59. The maximum atomic E-state index is 13.3. The SMILES string of the molecule is Fc1ccc(C2CSCCN2)c(F)c1. The maximum absolute atomic E-state index is 13.3. The van der Waals surface area contributed by atoms with E-state index in [1.807, 2.05) is 0 Å². The van der Waals surface area contributed by atoms with Crippen molar-refractivity contribution in [1.29, 1.82) is 0 Å². The topological polar surface area (TPSA) is 12.0 Å². The minimum absolute atomic E-state index is 0.0225. The minimum Gasteiger partial charge on any atom is -0.308 e. The van der Waals surface area contributed by atoms with Crippen LogP contribution >= 0.6 is 11.8 Å². The number of nitrogens with one attached hydrogen (secondary N) is 1. The average Bonchev–Trinajstić information content (AvgIpc) is 2.19. The largest absolute Gasteiger partial charge is 0.308 e. The monoisotopic (exact) mass is 215 g/mol. The fourth-order valence-corrected chi connectivity index (χ4v) is 2.51. The Balaban J connectivity index is 2.22. The summed E-state index contributed by atoms with van der Waals surface area (Å²) < 4.78 is 26.0. The van der Waals surface area contributed by atoms with Gasteiger partial charge in [-0.05, 0) is 6.07 Å². The number of hydrogen-bond acceptors (Lipinski definition) is 2. The third kappa shape index (κ3) is 2.07. The smallest absolute Gasteiger partial charge is 0.130 e. The number of halogens is 2. The standard InChI is InChI=1S/C10H11F2NS/c11-7-1-2-8(9(12)5-7)10-6-14-4-3-13-10/h1-2,5,10,13H,3-4,6H2. The molecule has 0 radical (unpaired) electrons. The van der Waals surface area contributed by atoms with E-state index in [0.29, 0.717) is 5.56 Å². The molecule has 2 rings (SSSR count). The summed E-state index contributed by atoms with van der Waals surface area (Å²) in [5.74, 6) is 0.932. The number of hydrogen-bond donors (Lipinski definition) is 1. The summed E-state index contributed by atoms with van der Waals surface area (Å²) >= 11 is 1.79. The Morgan fingerprint density at radius 3 is 2.86 bits per heavy atom. The second-order valence-corrected chi connectivity index (χ2v) is 4.40. The van der Waals surface area contributed by atoms with Gasteiger partial charge in [-0.25, -0.2) is 8.78 Å². The lowest BCUT2D eigenvalue weighted by Gasteiger charge is -2.23. The van der Waals surface area contributed by atoms with Gasteiger partial charge in [-0.1, -0.05) is 6.07 Å². The van der Waals surface area contributed by atoms with Gasteiger partial charge in [-0.2, -0.15) is 11.8 Å². The third-order valence-electron chi connectivity index (χ3n) is 2.26. The highest BCUT2D eigenvalue weighted by Crippen LogP contribution is 2.24. The summed E-state index contributed by atoms with van der Waals surface area (Å²) in [6.45, 7) is 0.881. The molecule has 1 unspecified atom stereocenters. The molecule has 0 saturated carbocycles. The van der Waals surface area contributed by atoms with Gasteiger partial charge in [-0.15, -0.1) is 0 Å². The van der Waals surface area contributed by atoms with E-state index in [-0.39, 0.29) is 6.04 Å². The predicted octanol–water partition coefficient (Wildman–Crippen LogP) is 2.34. The first-order valence-corrected chi connectivity index (χ1v) is 5.69. The predicted molar refractivity (Wildman–Crippen MR) is 54.4 cm³/mol. The fourth-order valence-electron chi connectivity index (χ4n) is 1.55. The first kappa shape index (κ1) is 9.93. The number of thioether (sulfide) groups is 1. The van der Waals surface area contributed by atoms with E-state index in [1.54, 1.807) is 11.8 Å². The van der Waals surface area contributed by atoms with Crippen LogP contribution in [0.4, 0.5) is 8.78 Å². The Morgan fingerprint density at radius 2 is 2.21 bits per heavy atom. The van der Waals surface area contributed by atoms with Gasteiger partial charge in [0, 0.05) is 35.7 Å². The highest BCUT2D eigenvalue weighted by Gasteiger charge is 2.18. The van der Waals surface area contributed by atoms with Gasteiger partial charge in [0.1, 0.15) is 11.6 Å². The van der Waals surface area contributed by atoms with Crippen LogP contribution in [0.25, 0.3) is 0 Å². The summed E-state index contributed by atoms with van der Waals surface area (Å²) in [4.78, 5) is 0. The van der Waals surface area contributed by atoms with Crippen LogP contribution in [-0.2, 0) is 0 Å². The molecule has 1 aliphatic heterocycles. The molecule has 1 nitrogen and oxygen atoms in total. The first-order valence-electron chi connectivity index (χ1n) is 4.53. The van der Waals surface area contributed by atoms with Crippen molar-refractivity contribution in [2.45, 2.75) is 6.04 Å². The molecule has 0 bridgehead atoms. The third-order valence-corrected chi connectivity index (χ3v) is 3.32. The molecule has 1 atom stereocenters. The molecule has 1 N–H and O–H groups in total. The van der Waals surface area contributed by atoms with Gasteiger partial charge in [-0.3, -0.25) is 0 Å². The average molecular weight is 215 g/mol. The van der Waals surface area contributed by atoms with E-state index in [1.165, 1.54) is 12.1 Å². The van der Waals surface area contributed by atoms with Gasteiger partial charge in [0.2, 0.25) is 0 Å².